The first-order chi connectivity index (χ1) is 17.0. The molecule has 6 N–H and O–H groups in total. The third kappa shape index (κ3) is 6.89. The summed E-state index contributed by atoms with van der Waals surface area (Å²) in [4.78, 5) is 24.7. The Morgan fingerprint density at radius 2 is 1.94 bits per heavy atom. The van der Waals surface area contributed by atoms with E-state index in [-0.39, 0.29) is 37.0 Å². The van der Waals surface area contributed by atoms with Crippen molar-refractivity contribution >= 4 is 49.3 Å². The monoisotopic (exact) mass is 581 g/mol. The van der Waals surface area contributed by atoms with Crippen molar-refractivity contribution in [2.24, 2.45) is 5.73 Å². The molecule has 1 aliphatic rings. The van der Waals surface area contributed by atoms with E-state index in [0.717, 1.165) is 0 Å². The molecule has 1 fully saturated rings. The number of carbonyl (C=O) groups is 2. The number of halogens is 1. The number of anilines is 1. The fourth-order valence-electron chi connectivity index (χ4n) is 3.62. The van der Waals surface area contributed by atoms with Crippen LogP contribution in [-0.2, 0) is 24.3 Å². The number of amides is 2. The number of morpholine rings is 1. The van der Waals surface area contributed by atoms with Crippen LogP contribution in [-0.4, -0.2) is 67.9 Å². The Kier molecular flexibility index (Phi) is 9.19. The molecule has 0 spiro atoms. The lowest BCUT2D eigenvalue weighted by atomic mass is 10.1. The van der Waals surface area contributed by atoms with Crippen molar-refractivity contribution in [1.29, 1.82) is 5.41 Å². The molecule has 2 amide bonds. The van der Waals surface area contributed by atoms with Crippen LogP contribution in [0, 0.1) is 5.41 Å². The number of nitrogens with two attached hydrogens (primary N) is 1. The molecule has 36 heavy (non-hydrogen) atoms. The van der Waals surface area contributed by atoms with Gasteiger partial charge in [-0.05, 0) is 64.8 Å². The molecule has 0 aliphatic carbocycles. The molecule has 1 heterocycles. The Hall–Kier alpha value is -2.84. The third-order valence-corrected chi connectivity index (χ3v) is 8.40. The zero-order valence-corrected chi connectivity index (χ0v) is 21.9. The van der Waals surface area contributed by atoms with Crippen molar-refractivity contribution < 1.29 is 27.9 Å². The fraction of sp³-hybridized carbons (Fsp3) is 0.348. The van der Waals surface area contributed by atoms with Crippen LogP contribution in [0.4, 0.5) is 5.69 Å². The Balaban J connectivity index is 1.59. The minimum atomic E-state index is -3.82. The van der Waals surface area contributed by atoms with Gasteiger partial charge in [-0.1, -0.05) is 6.07 Å². The van der Waals surface area contributed by atoms with Gasteiger partial charge in [0.1, 0.15) is 12.3 Å². The number of nitrogen functional groups attached to an aromatic ring is 1. The van der Waals surface area contributed by atoms with E-state index in [1.165, 1.54) is 10.4 Å². The summed E-state index contributed by atoms with van der Waals surface area (Å²) in [5.74, 6) is -1.10. The van der Waals surface area contributed by atoms with Crippen molar-refractivity contribution in [3.63, 3.8) is 0 Å². The van der Waals surface area contributed by atoms with Crippen LogP contribution < -0.4 is 16.4 Å². The predicted octanol–water partition coefficient (Wildman–Crippen LogP) is 1.32. The first-order valence-electron chi connectivity index (χ1n) is 11.1. The summed E-state index contributed by atoms with van der Waals surface area (Å²) in [6.07, 6.45) is -0.978. The molecule has 0 saturated carbocycles. The molecule has 11 nitrogen and oxygen atoms in total. The normalized spacial score (nSPS) is 17.2. The maximum atomic E-state index is 13.1. The molecular formula is C23H28BrN5O6S. The number of sulfonamides is 1. The van der Waals surface area contributed by atoms with E-state index in [0.29, 0.717) is 21.3 Å². The molecule has 0 bridgehead atoms. The molecular weight excluding hydrogens is 554 g/mol. The van der Waals surface area contributed by atoms with Gasteiger partial charge < -0.3 is 26.2 Å². The molecule has 0 radical (unpaired) electrons. The molecule has 2 aromatic rings. The largest absolute Gasteiger partial charge is 0.394 e. The second-order valence-corrected chi connectivity index (χ2v) is 11.0. The van der Waals surface area contributed by atoms with Crippen molar-refractivity contribution in [2.45, 2.75) is 30.4 Å². The summed E-state index contributed by atoms with van der Waals surface area (Å²) in [5.41, 5.74) is 7.03. The highest BCUT2D eigenvalue weighted by Crippen LogP contribution is 2.29. The zero-order valence-electron chi connectivity index (χ0n) is 19.5. The number of hydrogen-bond acceptors (Lipinski definition) is 7. The minimum absolute atomic E-state index is 0.0580. The van der Waals surface area contributed by atoms with Crippen LogP contribution in [0.25, 0.3) is 0 Å². The minimum Gasteiger partial charge on any atom is -0.394 e. The average Bonchev–Trinajstić information content (AvgIpc) is 2.83. The molecule has 1 saturated heterocycles. The lowest BCUT2D eigenvalue weighted by molar-refractivity contribution is -0.127. The van der Waals surface area contributed by atoms with Gasteiger partial charge in [0.05, 0.1) is 30.3 Å². The summed E-state index contributed by atoms with van der Waals surface area (Å²) in [6, 6.07) is 10.5. The third-order valence-electron chi connectivity index (χ3n) is 5.56. The maximum absolute atomic E-state index is 13.1. The Morgan fingerprint density at radius 1 is 1.25 bits per heavy atom. The quantitative estimate of drug-likeness (QED) is 0.168. The van der Waals surface area contributed by atoms with Crippen LogP contribution in [0.1, 0.15) is 30.5 Å². The molecule has 3 rings (SSSR count). The van der Waals surface area contributed by atoms with E-state index in [1.54, 1.807) is 43.3 Å². The lowest BCUT2D eigenvalue weighted by Crippen LogP contribution is -2.46. The van der Waals surface area contributed by atoms with Gasteiger partial charge in [0.2, 0.25) is 21.8 Å². The summed E-state index contributed by atoms with van der Waals surface area (Å²) in [7, 11) is -3.82. The molecule has 0 aromatic heterocycles. The van der Waals surface area contributed by atoms with Crippen molar-refractivity contribution in [1.82, 2.24) is 9.62 Å². The van der Waals surface area contributed by atoms with Gasteiger partial charge >= 0.3 is 0 Å². The summed E-state index contributed by atoms with van der Waals surface area (Å²) < 4.78 is 33.1. The predicted molar refractivity (Wildman–Crippen MR) is 137 cm³/mol. The fourth-order valence-corrected chi connectivity index (χ4v) is 6.13. The second-order valence-electron chi connectivity index (χ2n) is 8.23. The van der Waals surface area contributed by atoms with Crippen LogP contribution in [0.15, 0.2) is 51.8 Å². The number of aliphatic hydroxyl groups excluding tert-OH is 1. The van der Waals surface area contributed by atoms with E-state index in [9.17, 15) is 23.1 Å². The number of aliphatic hydroxyl groups is 1. The number of nitrogens with one attached hydrogen (secondary N) is 3. The number of hydrogen-bond donors (Lipinski definition) is 5. The first-order valence-corrected chi connectivity index (χ1v) is 13.3. The SMILES string of the molecule is C[C@H](NC(=O)CC(=O)Nc1ccc(C(=N)N)cc1)c1ccc(S(=O)(=O)N2CCOC(CO)C2)c(Br)c1. The Labute approximate surface area is 217 Å². The molecule has 13 heteroatoms. The summed E-state index contributed by atoms with van der Waals surface area (Å²) in [5, 5.41) is 22.0. The van der Waals surface area contributed by atoms with E-state index in [4.69, 9.17) is 15.9 Å². The highest BCUT2D eigenvalue weighted by Gasteiger charge is 2.32. The van der Waals surface area contributed by atoms with Crippen molar-refractivity contribution in [3.8, 4) is 0 Å². The Morgan fingerprint density at radius 3 is 2.56 bits per heavy atom. The molecule has 194 valence electrons. The van der Waals surface area contributed by atoms with Crippen molar-refractivity contribution in [3.05, 3.63) is 58.1 Å². The second kappa shape index (κ2) is 11.9. The van der Waals surface area contributed by atoms with E-state index in [2.05, 4.69) is 26.6 Å². The standard InChI is InChI=1S/C23H28BrN5O6S/c1-14(27-21(31)11-22(32)28-17-5-2-15(3-6-17)23(25)26)16-4-7-20(19(24)10-16)36(33,34)29-8-9-35-18(12-29)13-30/h2-7,10,14,18,30H,8-9,11-13H2,1H3,(H3,25,26)(H,27,31)(H,28,32)/t14-,18?/m0/s1. The number of carbonyl (C=O) groups excluding carboxylic acids is 2. The Bertz CT molecular complexity index is 1240. The number of ether oxygens (including phenoxy) is 1. The highest BCUT2D eigenvalue weighted by atomic mass is 79.9. The molecule has 1 aliphatic heterocycles. The first kappa shape index (κ1) is 27.7. The summed E-state index contributed by atoms with van der Waals surface area (Å²) >= 11 is 3.32. The van der Waals surface area contributed by atoms with Crippen LogP contribution >= 0.6 is 15.9 Å². The van der Waals surface area contributed by atoms with Gasteiger partial charge in [-0.3, -0.25) is 15.0 Å². The highest BCUT2D eigenvalue weighted by molar-refractivity contribution is 9.10. The van der Waals surface area contributed by atoms with Crippen molar-refractivity contribution in [2.75, 3.05) is 31.6 Å². The van der Waals surface area contributed by atoms with Gasteiger partial charge in [-0.25, -0.2) is 8.42 Å². The topological polar surface area (TPSA) is 175 Å². The number of rotatable bonds is 9. The number of nitrogens with zero attached hydrogens (tertiary/aromatic N) is 1. The molecule has 2 aromatic carbocycles. The van der Waals surface area contributed by atoms with Crippen LogP contribution in [0.5, 0.6) is 0 Å². The van der Waals surface area contributed by atoms with E-state index in [1.807, 2.05) is 0 Å². The van der Waals surface area contributed by atoms with Crippen LogP contribution in [0.3, 0.4) is 0 Å². The molecule has 2 atom stereocenters. The average molecular weight is 582 g/mol. The van der Waals surface area contributed by atoms with E-state index < -0.39 is 40.4 Å². The van der Waals surface area contributed by atoms with Gasteiger partial charge in [-0.2, -0.15) is 4.31 Å². The number of benzene rings is 2. The maximum Gasteiger partial charge on any atom is 0.244 e. The van der Waals surface area contributed by atoms with Crippen LogP contribution in [0.2, 0.25) is 0 Å². The van der Waals surface area contributed by atoms with E-state index >= 15 is 0 Å². The van der Waals surface area contributed by atoms with Gasteiger partial charge in [0, 0.05) is 28.8 Å². The summed E-state index contributed by atoms with van der Waals surface area (Å²) in [6.45, 7) is 1.89. The van der Waals surface area contributed by atoms with Gasteiger partial charge in [0.25, 0.3) is 0 Å². The lowest BCUT2D eigenvalue weighted by Gasteiger charge is -2.31. The molecule has 1 unspecified atom stereocenters. The number of amidine groups is 1. The zero-order chi connectivity index (χ0) is 26.5. The smallest absolute Gasteiger partial charge is 0.244 e. The van der Waals surface area contributed by atoms with Gasteiger partial charge in [0.15, 0.2) is 0 Å². The van der Waals surface area contributed by atoms with Gasteiger partial charge in [-0.15, -0.1) is 0 Å².